The molecule has 1 aromatic rings. The van der Waals surface area contributed by atoms with Crippen LogP contribution in [0.3, 0.4) is 0 Å². The highest BCUT2D eigenvalue weighted by molar-refractivity contribution is 5.62. The minimum absolute atomic E-state index is 0.104. The third-order valence-electron chi connectivity index (χ3n) is 2.41. The summed E-state index contributed by atoms with van der Waals surface area (Å²) in [5.74, 6) is 1.98. The van der Waals surface area contributed by atoms with E-state index in [-0.39, 0.29) is 12.9 Å². The Hall–Kier alpha value is -1.62. The number of anilines is 1. The maximum Gasteiger partial charge on any atom is 0.231 e. The lowest BCUT2D eigenvalue weighted by Gasteiger charge is -2.27. The number of hydrogen-bond acceptors (Lipinski definition) is 5. The van der Waals surface area contributed by atoms with E-state index in [2.05, 4.69) is 0 Å². The lowest BCUT2D eigenvalue weighted by molar-refractivity contribution is -0.0794. The summed E-state index contributed by atoms with van der Waals surface area (Å²) >= 11 is 0. The highest BCUT2D eigenvalue weighted by atomic mass is 16.7. The van der Waals surface area contributed by atoms with E-state index in [1.807, 2.05) is 0 Å². The molecule has 1 saturated heterocycles. The molecule has 1 aromatic carbocycles. The summed E-state index contributed by atoms with van der Waals surface area (Å²) < 4.78 is 21.1. The van der Waals surface area contributed by atoms with Crippen molar-refractivity contribution in [3.05, 3.63) is 12.1 Å². The summed E-state index contributed by atoms with van der Waals surface area (Å²) in [5, 5.41) is 0. The quantitative estimate of drug-likeness (QED) is 0.729. The topological polar surface area (TPSA) is 62.9 Å². The molecular weight excluding hydrogens is 198 g/mol. The molecule has 2 N–H and O–H groups in total. The highest BCUT2D eigenvalue weighted by Crippen LogP contribution is 2.40. The molecule has 2 aliphatic heterocycles. The summed E-state index contributed by atoms with van der Waals surface area (Å²) in [6.07, 6.45) is 0.104. The van der Waals surface area contributed by atoms with Crippen molar-refractivity contribution in [3.63, 3.8) is 0 Å². The summed E-state index contributed by atoms with van der Waals surface area (Å²) in [7, 11) is 0. The van der Waals surface area contributed by atoms with Crippen molar-refractivity contribution in [1.29, 1.82) is 0 Å². The summed E-state index contributed by atoms with van der Waals surface area (Å²) in [6, 6.07) is 3.48. The SMILES string of the molecule is Nc1cc2c(cc1OC1COC1)OCO2. The normalized spacial score (nSPS) is 18.7. The van der Waals surface area contributed by atoms with Crippen LogP contribution >= 0.6 is 0 Å². The molecule has 2 aliphatic rings. The molecule has 0 saturated carbocycles. The number of ether oxygens (including phenoxy) is 4. The molecule has 5 heteroatoms. The van der Waals surface area contributed by atoms with E-state index >= 15 is 0 Å². The van der Waals surface area contributed by atoms with Crippen LogP contribution in [0.15, 0.2) is 12.1 Å². The van der Waals surface area contributed by atoms with Crippen LogP contribution in [0.2, 0.25) is 0 Å². The maximum atomic E-state index is 5.82. The van der Waals surface area contributed by atoms with Crippen molar-refractivity contribution in [2.45, 2.75) is 6.10 Å². The van der Waals surface area contributed by atoms with Crippen LogP contribution in [0.1, 0.15) is 0 Å². The van der Waals surface area contributed by atoms with Gasteiger partial charge in [-0.1, -0.05) is 0 Å². The Morgan fingerprint density at radius 1 is 1.20 bits per heavy atom. The monoisotopic (exact) mass is 209 g/mol. The predicted octanol–water partition coefficient (Wildman–Crippen LogP) is 0.775. The van der Waals surface area contributed by atoms with Crippen LogP contribution in [0.25, 0.3) is 0 Å². The first-order valence-corrected chi connectivity index (χ1v) is 4.76. The van der Waals surface area contributed by atoms with E-state index < -0.39 is 0 Å². The second-order valence-corrected chi connectivity index (χ2v) is 3.52. The largest absolute Gasteiger partial charge is 0.483 e. The first-order chi connectivity index (χ1) is 7.33. The fraction of sp³-hybridized carbons (Fsp3) is 0.400. The molecule has 80 valence electrons. The van der Waals surface area contributed by atoms with Gasteiger partial charge in [0.15, 0.2) is 11.5 Å². The van der Waals surface area contributed by atoms with Crippen LogP contribution in [-0.4, -0.2) is 26.1 Å². The van der Waals surface area contributed by atoms with Crippen molar-refractivity contribution >= 4 is 5.69 Å². The average Bonchev–Trinajstić information content (AvgIpc) is 2.58. The zero-order chi connectivity index (χ0) is 10.3. The van der Waals surface area contributed by atoms with E-state index in [0.717, 1.165) is 0 Å². The Kier molecular flexibility index (Phi) is 1.85. The molecule has 3 rings (SSSR count). The van der Waals surface area contributed by atoms with Gasteiger partial charge in [-0.25, -0.2) is 0 Å². The fourth-order valence-electron chi connectivity index (χ4n) is 1.50. The molecule has 0 bridgehead atoms. The van der Waals surface area contributed by atoms with Gasteiger partial charge in [-0.3, -0.25) is 0 Å². The predicted molar refractivity (Wildman–Crippen MR) is 52.2 cm³/mol. The van der Waals surface area contributed by atoms with Gasteiger partial charge in [0.2, 0.25) is 6.79 Å². The molecule has 0 atom stereocenters. The molecular formula is C10H11NO4. The Balaban J connectivity index is 1.86. The Morgan fingerprint density at radius 2 is 1.93 bits per heavy atom. The molecule has 0 unspecified atom stereocenters. The minimum atomic E-state index is 0.104. The smallest absolute Gasteiger partial charge is 0.231 e. The molecule has 15 heavy (non-hydrogen) atoms. The number of fused-ring (bicyclic) bond motifs is 1. The fourth-order valence-corrected chi connectivity index (χ4v) is 1.50. The van der Waals surface area contributed by atoms with Gasteiger partial charge in [-0.05, 0) is 0 Å². The minimum Gasteiger partial charge on any atom is -0.483 e. The number of nitrogen functional groups attached to an aromatic ring is 1. The zero-order valence-electron chi connectivity index (χ0n) is 8.06. The standard InChI is InChI=1S/C10H11NO4/c11-7-1-9-10(14-5-13-9)2-8(7)15-6-3-12-4-6/h1-2,6H,3-5,11H2. The third-order valence-corrected chi connectivity index (χ3v) is 2.41. The first kappa shape index (κ1) is 8.67. The molecule has 0 amide bonds. The van der Waals surface area contributed by atoms with Gasteiger partial charge >= 0.3 is 0 Å². The highest BCUT2D eigenvalue weighted by Gasteiger charge is 2.23. The van der Waals surface area contributed by atoms with E-state index in [4.69, 9.17) is 24.7 Å². The molecule has 0 spiro atoms. The van der Waals surface area contributed by atoms with Crippen molar-refractivity contribution in [1.82, 2.24) is 0 Å². The molecule has 5 nitrogen and oxygen atoms in total. The Morgan fingerprint density at radius 3 is 2.60 bits per heavy atom. The van der Waals surface area contributed by atoms with Gasteiger partial charge in [0, 0.05) is 12.1 Å². The zero-order valence-corrected chi connectivity index (χ0v) is 8.06. The van der Waals surface area contributed by atoms with Gasteiger partial charge in [0.1, 0.15) is 11.9 Å². The van der Waals surface area contributed by atoms with Gasteiger partial charge < -0.3 is 24.7 Å². The van der Waals surface area contributed by atoms with Crippen LogP contribution < -0.4 is 19.9 Å². The van der Waals surface area contributed by atoms with Crippen molar-refractivity contribution < 1.29 is 18.9 Å². The molecule has 2 heterocycles. The average molecular weight is 209 g/mol. The molecule has 0 aliphatic carbocycles. The Bertz CT molecular complexity index is 389. The number of nitrogens with two attached hydrogens (primary N) is 1. The number of benzene rings is 1. The second kappa shape index (κ2) is 3.20. The molecule has 0 aromatic heterocycles. The second-order valence-electron chi connectivity index (χ2n) is 3.52. The first-order valence-electron chi connectivity index (χ1n) is 4.76. The van der Waals surface area contributed by atoms with Crippen molar-refractivity contribution in [3.8, 4) is 17.2 Å². The summed E-state index contributed by atoms with van der Waals surface area (Å²) in [4.78, 5) is 0. The summed E-state index contributed by atoms with van der Waals surface area (Å²) in [6.45, 7) is 1.48. The van der Waals surface area contributed by atoms with Gasteiger partial charge in [-0.15, -0.1) is 0 Å². The van der Waals surface area contributed by atoms with Crippen molar-refractivity contribution in [2.24, 2.45) is 0 Å². The van der Waals surface area contributed by atoms with Crippen LogP contribution in [0.5, 0.6) is 17.2 Å². The lowest BCUT2D eigenvalue weighted by Crippen LogP contribution is -2.38. The number of rotatable bonds is 2. The molecule has 0 radical (unpaired) electrons. The van der Waals surface area contributed by atoms with E-state index in [1.54, 1.807) is 12.1 Å². The molecule has 1 fully saturated rings. The van der Waals surface area contributed by atoms with E-state index in [0.29, 0.717) is 36.1 Å². The van der Waals surface area contributed by atoms with Crippen LogP contribution in [0.4, 0.5) is 5.69 Å². The van der Waals surface area contributed by atoms with Crippen molar-refractivity contribution in [2.75, 3.05) is 25.7 Å². The Labute approximate surface area is 86.7 Å². The maximum absolute atomic E-state index is 5.82. The number of hydrogen-bond donors (Lipinski definition) is 1. The van der Waals surface area contributed by atoms with Crippen LogP contribution in [-0.2, 0) is 4.74 Å². The van der Waals surface area contributed by atoms with Crippen LogP contribution in [0, 0.1) is 0 Å². The van der Waals surface area contributed by atoms with Gasteiger partial charge in [-0.2, -0.15) is 0 Å². The van der Waals surface area contributed by atoms with E-state index in [9.17, 15) is 0 Å². The van der Waals surface area contributed by atoms with Gasteiger partial charge in [0.25, 0.3) is 0 Å². The lowest BCUT2D eigenvalue weighted by atomic mass is 10.2. The van der Waals surface area contributed by atoms with E-state index in [1.165, 1.54) is 0 Å². The summed E-state index contributed by atoms with van der Waals surface area (Å²) in [5.41, 5.74) is 6.38. The van der Waals surface area contributed by atoms with Gasteiger partial charge in [0.05, 0.1) is 18.9 Å². The third kappa shape index (κ3) is 1.45.